The third-order valence-corrected chi connectivity index (χ3v) is 3.95. The largest absolute Gasteiger partial charge is 0.369 e. The summed E-state index contributed by atoms with van der Waals surface area (Å²) in [7, 11) is -1.23. The van der Waals surface area contributed by atoms with Crippen molar-refractivity contribution in [3.63, 3.8) is 0 Å². The quantitative estimate of drug-likeness (QED) is 0.906. The van der Waals surface area contributed by atoms with Gasteiger partial charge >= 0.3 is 0 Å². The fourth-order valence-electron chi connectivity index (χ4n) is 1.82. The van der Waals surface area contributed by atoms with Gasteiger partial charge in [-0.2, -0.15) is 0 Å². The number of rotatable bonds is 5. The Morgan fingerprint density at radius 3 is 2.11 bits per heavy atom. The van der Waals surface area contributed by atoms with Crippen molar-refractivity contribution < 1.29 is 9.00 Å². The minimum atomic E-state index is -1.23. The average Bonchev–Trinajstić information content (AvgIpc) is 2.39. The van der Waals surface area contributed by atoms with Crippen LogP contribution in [-0.2, 0) is 21.3 Å². The van der Waals surface area contributed by atoms with Crippen molar-refractivity contribution in [2.45, 2.75) is 5.75 Å². The van der Waals surface area contributed by atoms with Crippen molar-refractivity contribution in [2.75, 3.05) is 5.75 Å². The fraction of sp³-hybridized carbons (Fsp3) is 0.133. The van der Waals surface area contributed by atoms with E-state index in [1.165, 1.54) is 0 Å². The molecule has 0 saturated carbocycles. The fourth-order valence-corrected chi connectivity index (χ4v) is 2.80. The number of benzene rings is 2. The van der Waals surface area contributed by atoms with Gasteiger partial charge in [0.25, 0.3) is 0 Å². The molecule has 1 amide bonds. The van der Waals surface area contributed by atoms with E-state index in [2.05, 4.69) is 0 Å². The van der Waals surface area contributed by atoms with Gasteiger partial charge in [0.15, 0.2) is 0 Å². The molecule has 0 saturated heterocycles. The second-order valence-electron chi connectivity index (χ2n) is 4.26. The lowest BCUT2D eigenvalue weighted by Crippen LogP contribution is -2.20. The Morgan fingerprint density at radius 2 is 1.53 bits per heavy atom. The molecule has 2 aromatic carbocycles. The first-order chi connectivity index (χ1) is 9.15. The molecule has 19 heavy (non-hydrogen) atoms. The molecule has 2 aromatic rings. The Kier molecular flexibility index (Phi) is 4.47. The van der Waals surface area contributed by atoms with Crippen LogP contribution >= 0.6 is 0 Å². The summed E-state index contributed by atoms with van der Waals surface area (Å²) in [4.78, 5) is 10.7. The topological polar surface area (TPSA) is 60.2 Å². The normalized spacial score (nSPS) is 12.0. The lowest BCUT2D eigenvalue weighted by Gasteiger charge is -2.04. The number of carbonyl (C=O) groups is 1. The van der Waals surface area contributed by atoms with E-state index in [9.17, 15) is 9.00 Å². The highest BCUT2D eigenvalue weighted by atomic mass is 32.2. The SMILES string of the molecule is NC(=O)C[S@](=O)Cc1ccc(-c2ccccc2)cc1. The van der Waals surface area contributed by atoms with E-state index in [-0.39, 0.29) is 5.75 Å². The molecular formula is C15H15NO2S. The van der Waals surface area contributed by atoms with E-state index in [0.29, 0.717) is 5.75 Å². The van der Waals surface area contributed by atoms with Crippen molar-refractivity contribution in [1.82, 2.24) is 0 Å². The van der Waals surface area contributed by atoms with Crippen LogP contribution in [0.5, 0.6) is 0 Å². The molecule has 1 atom stereocenters. The van der Waals surface area contributed by atoms with Crippen molar-refractivity contribution >= 4 is 16.7 Å². The van der Waals surface area contributed by atoms with Gasteiger partial charge in [-0.1, -0.05) is 54.6 Å². The molecule has 0 bridgehead atoms. The number of hydrogen-bond acceptors (Lipinski definition) is 2. The van der Waals surface area contributed by atoms with Crippen LogP contribution in [0.2, 0.25) is 0 Å². The first-order valence-electron chi connectivity index (χ1n) is 5.93. The molecule has 2 rings (SSSR count). The molecule has 0 aliphatic carbocycles. The molecule has 0 unspecified atom stereocenters. The highest BCUT2D eigenvalue weighted by molar-refractivity contribution is 7.84. The molecule has 0 aromatic heterocycles. The van der Waals surface area contributed by atoms with Crippen molar-refractivity contribution in [3.8, 4) is 11.1 Å². The lowest BCUT2D eigenvalue weighted by atomic mass is 10.0. The summed E-state index contributed by atoms with van der Waals surface area (Å²) < 4.78 is 11.6. The van der Waals surface area contributed by atoms with Gasteiger partial charge in [-0.3, -0.25) is 9.00 Å². The van der Waals surface area contributed by atoms with Gasteiger partial charge in [-0.05, 0) is 16.7 Å². The zero-order valence-corrected chi connectivity index (χ0v) is 11.2. The van der Waals surface area contributed by atoms with Crippen LogP contribution in [0.15, 0.2) is 54.6 Å². The molecule has 0 aliphatic heterocycles. The van der Waals surface area contributed by atoms with Gasteiger partial charge in [0.2, 0.25) is 5.91 Å². The van der Waals surface area contributed by atoms with Crippen molar-refractivity contribution in [1.29, 1.82) is 0 Å². The van der Waals surface area contributed by atoms with Crippen LogP contribution in [0.25, 0.3) is 11.1 Å². The molecule has 98 valence electrons. The molecule has 2 N–H and O–H groups in total. The molecule has 0 radical (unpaired) electrons. The van der Waals surface area contributed by atoms with E-state index in [1.54, 1.807) is 0 Å². The first kappa shape index (κ1) is 13.5. The van der Waals surface area contributed by atoms with E-state index in [0.717, 1.165) is 16.7 Å². The van der Waals surface area contributed by atoms with Crippen LogP contribution in [0.3, 0.4) is 0 Å². The Bertz CT molecular complexity index is 579. The van der Waals surface area contributed by atoms with Gasteiger partial charge in [-0.25, -0.2) is 0 Å². The minimum absolute atomic E-state index is 0.0829. The summed E-state index contributed by atoms with van der Waals surface area (Å²) in [5, 5.41) is 0. The maximum Gasteiger partial charge on any atom is 0.230 e. The zero-order valence-electron chi connectivity index (χ0n) is 10.4. The Labute approximate surface area is 114 Å². The molecule has 0 aliphatic rings. The van der Waals surface area contributed by atoms with Gasteiger partial charge in [0.05, 0.1) is 0 Å². The van der Waals surface area contributed by atoms with Gasteiger partial charge in [0.1, 0.15) is 5.75 Å². The van der Waals surface area contributed by atoms with E-state index < -0.39 is 16.7 Å². The predicted molar refractivity (Wildman–Crippen MR) is 77.8 cm³/mol. The average molecular weight is 273 g/mol. The Morgan fingerprint density at radius 1 is 0.947 bits per heavy atom. The van der Waals surface area contributed by atoms with Crippen LogP contribution in [-0.4, -0.2) is 15.9 Å². The lowest BCUT2D eigenvalue weighted by molar-refractivity contribution is -0.115. The molecule has 4 heteroatoms. The summed E-state index contributed by atoms with van der Waals surface area (Å²) in [6.07, 6.45) is 0. The Balaban J connectivity index is 2.07. The van der Waals surface area contributed by atoms with E-state index >= 15 is 0 Å². The number of carbonyl (C=O) groups excluding carboxylic acids is 1. The second kappa shape index (κ2) is 6.29. The standard InChI is InChI=1S/C15H15NO2S/c16-15(17)11-19(18)10-12-6-8-14(9-7-12)13-4-2-1-3-5-13/h1-9H,10-11H2,(H2,16,17)/t19-/m1/s1. The molecule has 0 fully saturated rings. The smallest absolute Gasteiger partial charge is 0.230 e. The number of primary amides is 1. The van der Waals surface area contributed by atoms with Crippen LogP contribution in [0.4, 0.5) is 0 Å². The van der Waals surface area contributed by atoms with Gasteiger partial charge < -0.3 is 5.73 Å². The van der Waals surface area contributed by atoms with Crippen LogP contribution in [0.1, 0.15) is 5.56 Å². The van der Waals surface area contributed by atoms with Crippen molar-refractivity contribution in [3.05, 3.63) is 60.2 Å². The summed E-state index contributed by atoms with van der Waals surface area (Å²) in [5.41, 5.74) is 8.22. The molecular weight excluding hydrogens is 258 g/mol. The van der Waals surface area contributed by atoms with Crippen LogP contribution in [0, 0.1) is 0 Å². The maximum absolute atomic E-state index is 11.6. The molecule has 3 nitrogen and oxygen atoms in total. The number of amides is 1. The number of hydrogen-bond donors (Lipinski definition) is 1. The monoisotopic (exact) mass is 273 g/mol. The number of nitrogens with two attached hydrogens (primary N) is 1. The zero-order chi connectivity index (χ0) is 13.7. The van der Waals surface area contributed by atoms with E-state index in [1.807, 2.05) is 54.6 Å². The summed E-state index contributed by atoms with van der Waals surface area (Å²) >= 11 is 0. The third kappa shape index (κ3) is 4.03. The highest BCUT2D eigenvalue weighted by Gasteiger charge is 2.05. The van der Waals surface area contributed by atoms with Crippen molar-refractivity contribution in [2.24, 2.45) is 5.73 Å². The van der Waals surface area contributed by atoms with Crippen LogP contribution < -0.4 is 5.73 Å². The third-order valence-electron chi connectivity index (χ3n) is 2.69. The summed E-state index contributed by atoms with van der Waals surface area (Å²) in [6.45, 7) is 0. The molecule has 0 spiro atoms. The first-order valence-corrected chi connectivity index (χ1v) is 7.41. The minimum Gasteiger partial charge on any atom is -0.369 e. The van der Waals surface area contributed by atoms with Gasteiger partial charge in [0, 0.05) is 16.6 Å². The summed E-state index contributed by atoms with van der Waals surface area (Å²) in [6, 6.07) is 17.9. The summed E-state index contributed by atoms with van der Waals surface area (Å²) in [5.74, 6) is -0.252. The predicted octanol–water partition coefficient (Wildman–Crippen LogP) is 2.09. The Hall–Kier alpha value is -1.94. The second-order valence-corrected chi connectivity index (χ2v) is 5.71. The van der Waals surface area contributed by atoms with Gasteiger partial charge in [-0.15, -0.1) is 0 Å². The maximum atomic E-state index is 11.6. The highest BCUT2D eigenvalue weighted by Crippen LogP contribution is 2.19. The molecule has 0 heterocycles. The van der Waals surface area contributed by atoms with E-state index in [4.69, 9.17) is 5.73 Å².